The number of aromatic nitrogens is 1. The highest BCUT2D eigenvalue weighted by Crippen LogP contribution is 2.15. The molecule has 1 atom stereocenters. The molecular weight excluding hydrogens is 409 g/mol. The van der Waals surface area contributed by atoms with Gasteiger partial charge < -0.3 is 15.4 Å². The van der Waals surface area contributed by atoms with Crippen molar-refractivity contribution in [2.75, 3.05) is 11.9 Å². The van der Waals surface area contributed by atoms with Crippen LogP contribution in [0.4, 0.5) is 23.1 Å². The van der Waals surface area contributed by atoms with Gasteiger partial charge in [0.15, 0.2) is 5.13 Å². The molecule has 0 aliphatic rings. The molecule has 0 spiro atoms. The second kappa shape index (κ2) is 11.4. The van der Waals surface area contributed by atoms with Gasteiger partial charge in [-0.2, -0.15) is 0 Å². The Hall–Kier alpha value is -2.66. The minimum absolute atomic E-state index is 0.0659. The van der Waals surface area contributed by atoms with Crippen molar-refractivity contribution in [3.63, 3.8) is 0 Å². The molecule has 0 aliphatic carbocycles. The van der Waals surface area contributed by atoms with Crippen molar-refractivity contribution in [1.29, 1.82) is 0 Å². The maximum absolute atomic E-state index is 13.1. The van der Waals surface area contributed by atoms with Crippen LogP contribution in [0.25, 0.3) is 0 Å². The van der Waals surface area contributed by atoms with E-state index in [2.05, 4.69) is 20.9 Å². The molecule has 1 aromatic heterocycles. The molecule has 158 valence electrons. The van der Waals surface area contributed by atoms with E-state index < -0.39 is 31.1 Å². The van der Waals surface area contributed by atoms with Crippen molar-refractivity contribution >= 4 is 28.4 Å². The summed E-state index contributed by atoms with van der Waals surface area (Å²) < 4.78 is 42.4. The molecule has 1 heterocycles. The number of anilines is 1. The third kappa shape index (κ3) is 8.08. The van der Waals surface area contributed by atoms with Crippen LogP contribution in [-0.2, 0) is 22.6 Å². The number of halogens is 3. The fourth-order valence-corrected chi connectivity index (χ4v) is 2.98. The van der Waals surface area contributed by atoms with E-state index in [1.54, 1.807) is 24.4 Å². The lowest BCUT2D eigenvalue weighted by molar-refractivity contribution is -0.135. The van der Waals surface area contributed by atoms with Gasteiger partial charge in [0.2, 0.25) is 5.91 Å². The number of nitrogens with one attached hydrogen (secondary N) is 3. The number of alkyl halides is 2. The highest BCUT2D eigenvalue weighted by atomic mass is 32.1. The molecule has 3 amide bonds. The quantitative estimate of drug-likeness (QED) is 0.539. The smallest absolute Gasteiger partial charge is 0.321 e. The van der Waals surface area contributed by atoms with E-state index >= 15 is 0 Å². The van der Waals surface area contributed by atoms with Crippen molar-refractivity contribution in [2.24, 2.45) is 0 Å². The van der Waals surface area contributed by atoms with Gasteiger partial charge in [-0.15, -0.1) is 11.3 Å². The lowest BCUT2D eigenvalue weighted by Crippen LogP contribution is -2.36. The predicted molar refractivity (Wildman–Crippen MR) is 102 cm³/mol. The molecule has 29 heavy (non-hydrogen) atoms. The average molecular weight is 430 g/mol. The van der Waals surface area contributed by atoms with Crippen molar-refractivity contribution in [3.05, 3.63) is 46.7 Å². The van der Waals surface area contributed by atoms with Gasteiger partial charge >= 0.3 is 6.03 Å². The third-order valence-electron chi connectivity index (χ3n) is 3.64. The molecule has 0 aliphatic heterocycles. The maximum Gasteiger partial charge on any atom is 0.321 e. The molecule has 0 bridgehead atoms. The summed E-state index contributed by atoms with van der Waals surface area (Å²) >= 11 is 1.16. The number of carbonyl (C=O) groups excluding carboxylic acids is 2. The van der Waals surface area contributed by atoms with E-state index in [9.17, 15) is 22.8 Å². The van der Waals surface area contributed by atoms with Crippen LogP contribution in [-0.4, -0.2) is 36.1 Å². The molecule has 2 rings (SSSR count). The SMILES string of the molecule is CCC(OCC(F)F)C(=O)NCc1csc(NC(=O)NCc2cccc(F)c2)n1. The van der Waals surface area contributed by atoms with E-state index in [1.165, 1.54) is 12.1 Å². The Labute approximate surface area is 169 Å². The van der Waals surface area contributed by atoms with Crippen LogP contribution < -0.4 is 16.0 Å². The van der Waals surface area contributed by atoms with Gasteiger partial charge in [-0.3, -0.25) is 10.1 Å². The topological polar surface area (TPSA) is 92.4 Å². The van der Waals surface area contributed by atoms with Gasteiger partial charge in [-0.25, -0.2) is 22.9 Å². The first-order valence-corrected chi connectivity index (χ1v) is 9.66. The van der Waals surface area contributed by atoms with Gasteiger partial charge in [0.1, 0.15) is 18.5 Å². The monoisotopic (exact) mass is 430 g/mol. The second-order valence-electron chi connectivity index (χ2n) is 5.92. The Balaban J connectivity index is 1.76. The highest BCUT2D eigenvalue weighted by molar-refractivity contribution is 7.13. The summed E-state index contributed by atoms with van der Waals surface area (Å²) in [5.41, 5.74) is 1.11. The molecule has 0 radical (unpaired) electrons. The van der Waals surface area contributed by atoms with Crippen molar-refractivity contribution in [3.8, 4) is 0 Å². The van der Waals surface area contributed by atoms with Crippen LogP contribution in [0.5, 0.6) is 0 Å². The molecule has 3 N–H and O–H groups in total. The number of nitrogens with zero attached hydrogens (tertiary/aromatic N) is 1. The fraction of sp³-hybridized carbons (Fsp3) is 0.389. The summed E-state index contributed by atoms with van der Waals surface area (Å²) in [6, 6.07) is 5.35. The van der Waals surface area contributed by atoms with Crippen molar-refractivity contribution in [2.45, 2.75) is 39.0 Å². The molecule has 11 heteroatoms. The first kappa shape index (κ1) is 22.6. The zero-order valence-corrected chi connectivity index (χ0v) is 16.4. The Morgan fingerprint density at radius 3 is 2.72 bits per heavy atom. The largest absolute Gasteiger partial charge is 0.362 e. The Morgan fingerprint density at radius 1 is 1.24 bits per heavy atom. The van der Waals surface area contributed by atoms with Crippen LogP contribution in [0, 0.1) is 5.82 Å². The Kier molecular flexibility index (Phi) is 8.87. The van der Waals surface area contributed by atoms with E-state index in [1.807, 2.05) is 0 Å². The second-order valence-corrected chi connectivity index (χ2v) is 6.78. The number of amides is 3. The minimum atomic E-state index is -2.64. The Morgan fingerprint density at radius 2 is 2.03 bits per heavy atom. The van der Waals surface area contributed by atoms with E-state index in [4.69, 9.17) is 4.74 Å². The number of urea groups is 1. The first-order chi connectivity index (χ1) is 13.9. The normalized spacial score (nSPS) is 11.9. The van der Waals surface area contributed by atoms with Gasteiger partial charge in [0.05, 0.1) is 12.2 Å². The summed E-state index contributed by atoms with van der Waals surface area (Å²) in [7, 11) is 0. The molecule has 2 aromatic rings. The van der Waals surface area contributed by atoms with Gasteiger partial charge in [0.25, 0.3) is 6.43 Å². The van der Waals surface area contributed by atoms with E-state index in [0.29, 0.717) is 16.4 Å². The van der Waals surface area contributed by atoms with Crippen LogP contribution >= 0.6 is 11.3 Å². The van der Waals surface area contributed by atoms with Crippen molar-refractivity contribution in [1.82, 2.24) is 15.6 Å². The molecule has 1 aromatic carbocycles. The molecule has 0 fully saturated rings. The third-order valence-corrected chi connectivity index (χ3v) is 4.45. The summed E-state index contributed by atoms with van der Waals surface area (Å²) in [5.74, 6) is -0.898. The van der Waals surface area contributed by atoms with E-state index in [0.717, 1.165) is 11.3 Å². The predicted octanol–water partition coefficient (Wildman–Crippen LogP) is 3.28. The maximum atomic E-state index is 13.1. The number of rotatable bonds is 10. The van der Waals surface area contributed by atoms with Crippen LogP contribution in [0.1, 0.15) is 24.6 Å². The van der Waals surface area contributed by atoms with Crippen LogP contribution in [0.15, 0.2) is 29.6 Å². The average Bonchev–Trinajstić information content (AvgIpc) is 3.12. The number of hydrogen-bond donors (Lipinski definition) is 3. The lowest BCUT2D eigenvalue weighted by atomic mass is 10.2. The minimum Gasteiger partial charge on any atom is -0.362 e. The standard InChI is InChI=1S/C18H21F3N4O3S/c1-2-14(28-9-15(20)21)16(26)22-8-13-10-29-18(24-13)25-17(27)23-7-11-4-3-5-12(19)6-11/h3-6,10,14-15H,2,7-9H2,1H3,(H,22,26)(H2,23,24,25,27). The lowest BCUT2D eigenvalue weighted by Gasteiger charge is -2.15. The number of thiazole rings is 1. The fourth-order valence-electron chi connectivity index (χ4n) is 2.28. The molecule has 7 nitrogen and oxygen atoms in total. The van der Waals surface area contributed by atoms with Crippen molar-refractivity contribution < 1.29 is 27.5 Å². The summed E-state index contributed by atoms with van der Waals surface area (Å²) in [6.45, 7) is 1.07. The van der Waals surface area contributed by atoms with Gasteiger partial charge in [0, 0.05) is 11.9 Å². The Bertz CT molecular complexity index is 819. The number of ether oxygens (including phenoxy) is 1. The zero-order valence-electron chi connectivity index (χ0n) is 15.6. The van der Waals surface area contributed by atoms with E-state index in [-0.39, 0.29) is 25.3 Å². The van der Waals surface area contributed by atoms with Gasteiger partial charge in [-0.1, -0.05) is 19.1 Å². The molecule has 1 unspecified atom stereocenters. The molecular formula is C18H21F3N4O3S. The summed E-state index contributed by atoms with van der Waals surface area (Å²) in [4.78, 5) is 28.0. The molecule has 0 saturated carbocycles. The van der Waals surface area contributed by atoms with Gasteiger partial charge in [-0.05, 0) is 24.1 Å². The highest BCUT2D eigenvalue weighted by Gasteiger charge is 2.19. The number of hydrogen-bond acceptors (Lipinski definition) is 5. The number of benzene rings is 1. The summed E-state index contributed by atoms with van der Waals surface area (Å²) in [6.07, 6.45) is -3.35. The zero-order chi connectivity index (χ0) is 21.2. The summed E-state index contributed by atoms with van der Waals surface area (Å²) in [5, 5.41) is 9.64. The first-order valence-electron chi connectivity index (χ1n) is 8.78. The number of carbonyl (C=O) groups is 2. The van der Waals surface area contributed by atoms with Crippen LogP contribution in [0.3, 0.4) is 0 Å². The van der Waals surface area contributed by atoms with Crippen LogP contribution in [0.2, 0.25) is 0 Å². The molecule has 0 saturated heterocycles.